The Bertz CT molecular complexity index is 1290. The lowest BCUT2D eigenvalue weighted by molar-refractivity contribution is -0.459. The molecule has 0 saturated carbocycles. The molecule has 0 radical (unpaired) electrons. The minimum absolute atomic E-state index is 0.121. The molecule has 4 aromatic rings. The Hall–Kier alpha value is -3.94. The molecule has 8 nitrogen and oxygen atoms in total. The number of hydrogen-bond donors (Lipinski definition) is 4. The van der Waals surface area contributed by atoms with Gasteiger partial charge >= 0.3 is 5.96 Å². The number of guanidine groups is 1. The molecule has 1 atom stereocenters. The molecule has 0 saturated heterocycles. The van der Waals surface area contributed by atoms with Crippen LogP contribution in [0.25, 0.3) is 10.9 Å². The fourth-order valence-electron chi connectivity index (χ4n) is 3.82. The quantitative estimate of drug-likeness (QED) is 0.403. The Morgan fingerprint density at radius 3 is 2.97 bits per heavy atom. The van der Waals surface area contributed by atoms with Gasteiger partial charge < -0.3 is 4.98 Å². The first-order valence-corrected chi connectivity index (χ1v) is 9.88. The molecule has 8 heteroatoms. The second kappa shape index (κ2) is 7.47. The maximum absolute atomic E-state index is 12.7. The van der Waals surface area contributed by atoms with Crippen molar-refractivity contribution in [3.63, 3.8) is 0 Å². The molecule has 0 spiro atoms. The van der Waals surface area contributed by atoms with Gasteiger partial charge in [0.25, 0.3) is 11.5 Å². The van der Waals surface area contributed by atoms with E-state index in [1.54, 1.807) is 17.0 Å². The number of hydrogen-bond acceptors (Lipinski definition) is 3. The summed E-state index contributed by atoms with van der Waals surface area (Å²) in [5.74, 6) is 1.21. The molecule has 4 heterocycles. The molecule has 3 aromatic heterocycles. The van der Waals surface area contributed by atoms with Crippen LogP contribution >= 0.6 is 0 Å². The molecule has 1 unspecified atom stereocenters. The van der Waals surface area contributed by atoms with Gasteiger partial charge in [0.1, 0.15) is 0 Å². The predicted molar refractivity (Wildman–Crippen MR) is 115 cm³/mol. The smallest absolute Gasteiger partial charge is 0.352 e. The zero-order chi connectivity index (χ0) is 20.5. The van der Waals surface area contributed by atoms with E-state index in [1.807, 2.05) is 31.2 Å². The van der Waals surface area contributed by atoms with Gasteiger partial charge in [-0.1, -0.05) is 24.3 Å². The number of aromatic nitrogens is 4. The van der Waals surface area contributed by atoms with Crippen molar-refractivity contribution >= 4 is 22.8 Å². The maximum atomic E-state index is 12.7. The fraction of sp³-hybridized carbons (Fsp3) is 0.182. The lowest BCUT2D eigenvalue weighted by Crippen LogP contribution is -2.80. The van der Waals surface area contributed by atoms with Gasteiger partial charge in [-0.05, 0) is 24.6 Å². The van der Waals surface area contributed by atoms with Crippen LogP contribution in [0.1, 0.15) is 23.0 Å². The second-order valence-corrected chi connectivity index (χ2v) is 7.30. The average Bonchev–Trinajstić information content (AvgIpc) is 3.17. The van der Waals surface area contributed by atoms with Gasteiger partial charge in [0, 0.05) is 53.2 Å². The number of fused-ring (bicyclic) bond motifs is 2. The van der Waals surface area contributed by atoms with Crippen LogP contribution in [-0.2, 0) is 6.42 Å². The molecular formula is C22H22N7O+. The van der Waals surface area contributed by atoms with Gasteiger partial charge in [-0.3, -0.25) is 20.1 Å². The number of benzene rings is 1. The van der Waals surface area contributed by atoms with Crippen LogP contribution in [0.2, 0.25) is 0 Å². The Kier molecular flexibility index (Phi) is 4.51. The summed E-state index contributed by atoms with van der Waals surface area (Å²) < 4.78 is 1.61. The lowest BCUT2D eigenvalue weighted by Gasteiger charge is -2.25. The van der Waals surface area contributed by atoms with Gasteiger partial charge in [-0.2, -0.15) is 0 Å². The largest absolute Gasteiger partial charge is 0.361 e. The van der Waals surface area contributed by atoms with Crippen LogP contribution in [0.5, 0.6) is 0 Å². The summed E-state index contributed by atoms with van der Waals surface area (Å²) in [5, 5.41) is 7.82. The number of anilines is 1. The average molecular weight is 400 g/mol. The van der Waals surface area contributed by atoms with Gasteiger partial charge in [0.15, 0.2) is 6.17 Å². The van der Waals surface area contributed by atoms with Crippen LogP contribution in [0.3, 0.4) is 0 Å². The first-order valence-electron chi connectivity index (χ1n) is 9.88. The summed E-state index contributed by atoms with van der Waals surface area (Å²) in [6.07, 6.45) is 5.97. The van der Waals surface area contributed by atoms with Crippen molar-refractivity contribution in [2.75, 3.05) is 11.9 Å². The summed E-state index contributed by atoms with van der Waals surface area (Å²) in [5.41, 5.74) is 3.82. The number of nitrogens with zero attached hydrogens (tertiary/aromatic N) is 3. The maximum Gasteiger partial charge on any atom is 0.352 e. The van der Waals surface area contributed by atoms with E-state index in [0.717, 1.165) is 17.5 Å². The monoisotopic (exact) mass is 400 g/mol. The molecule has 4 N–H and O–H groups in total. The molecule has 0 amide bonds. The Morgan fingerprint density at radius 1 is 1.20 bits per heavy atom. The second-order valence-electron chi connectivity index (χ2n) is 7.30. The van der Waals surface area contributed by atoms with Crippen LogP contribution in [0, 0.1) is 6.92 Å². The number of rotatable bonds is 4. The molecule has 0 bridgehead atoms. The first-order chi connectivity index (χ1) is 14.7. The number of nitrogens with one attached hydrogen (secondary N) is 4. The summed E-state index contributed by atoms with van der Waals surface area (Å²) in [7, 11) is 0. The number of pyridine rings is 1. The van der Waals surface area contributed by atoms with E-state index in [0.29, 0.717) is 24.1 Å². The molecule has 1 aliphatic rings. The number of aromatic amines is 1. The van der Waals surface area contributed by atoms with E-state index in [2.05, 4.69) is 48.9 Å². The Labute approximate surface area is 172 Å². The highest BCUT2D eigenvalue weighted by molar-refractivity contribution is 5.89. The lowest BCUT2D eigenvalue weighted by atomic mass is 10.1. The highest BCUT2D eigenvalue weighted by Gasteiger charge is 2.31. The van der Waals surface area contributed by atoms with Crippen molar-refractivity contribution in [3.8, 4) is 0 Å². The molecule has 150 valence electrons. The standard InChI is InChI=1S/C22H21N7O/c1-14-11-19(30)29-20(16-5-4-9-23-12-16)27-21(28-22(29)26-14)24-10-8-15-13-25-18-7-3-2-6-17(15)18/h2-7,9,11-13,20,25H,8,10H2,1H3,(H2,24,26,27,28)/p+1. The molecule has 30 heavy (non-hydrogen) atoms. The highest BCUT2D eigenvalue weighted by Crippen LogP contribution is 2.20. The van der Waals surface area contributed by atoms with Crippen molar-refractivity contribution in [3.05, 3.63) is 88.2 Å². The number of aryl methyl sites for hydroxylation is 1. The van der Waals surface area contributed by atoms with E-state index in [4.69, 9.17) is 0 Å². The van der Waals surface area contributed by atoms with Gasteiger partial charge in [0.05, 0.1) is 6.54 Å². The van der Waals surface area contributed by atoms with Gasteiger partial charge in [0.2, 0.25) is 0 Å². The van der Waals surface area contributed by atoms with E-state index in [9.17, 15) is 4.79 Å². The minimum Gasteiger partial charge on any atom is -0.361 e. The molecule has 0 fully saturated rings. The summed E-state index contributed by atoms with van der Waals surface area (Å²) in [6.45, 7) is 2.53. The van der Waals surface area contributed by atoms with Crippen molar-refractivity contribution < 1.29 is 4.99 Å². The van der Waals surface area contributed by atoms with Crippen molar-refractivity contribution in [2.45, 2.75) is 19.5 Å². The van der Waals surface area contributed by atoms with Crippen molar-refractivity contribution in [2.24, 2.45) is 0 Å². The topological polar surface area (TPSA) is 102 Å². The number of para-hydroxylation sites is 1. The van der Waals surface area contributed by atoms with E-state index in [-0.39, 0.29) is 5.56 Å². The van der Waals surface area contributed by atoms with E-state index >= 15 is 0 Å². The zero-order valence-electron chi connectivity index (χ0n) is 16.5. The van der Waals surface area contributed by atoms with Crippen LogP contribution < -0.4 is 21.2 Å². The Morgan fingerprint density at radius 2 is 2.10 bits per heavy atom. The third-order valence-corrected chi connectivity index (χ3v) is 5.23. The molecule has 1 aromatic carbocycles. The third-order valence-electron chi connectivity index (χ3n) is 5.23. The summed E-state index contributed by atoms with van der Waals surface area (Å²) >= 11 is 0. The van der Waals surface area contributed by atoms with Crippen molar-refractivity contribution in [1.29, 1.82) is 0 Å². The SMILES string of the molecule is Cc1cc(=O)n2c(n1)NC(=[NH+]CCc1c[nH]c3ccccc13)NC2c1cccnc1. The first kappa shape index (κ1) is 18.1. The van der Waals surface area contributed by atoms with Crippen LogP contribution in [0.4, 0.5) is 5.95 Å². The predicted octanol–water partition coefficient (Wildman–Crippen LogP) is 0.669. The summed E-state index contributed by atoms with van der Waals surface area (Å²) in [4.78, 5) is 28.1. The summed E-state index contributed by atoms with van der Waals surface area (Å²) in [6, 6.07) is 13.6. The van der Waals surface area contributed by atoms with Crippen LogP contribution in [0.15, 0.2) is 65.8 Å². The van der Waals surface area contributed by atoms with Crippen LogP contribution in [-0.4, -0.2) is 32.0 Å². The zero-order valence-corrected chi connectivity index (χ0v) is 16.5. The fourth-order valence-corrected chi connectivity index (χ4v) is 3.82. The Balaban J connectivity index is 1.44. The molecule has 1 aliphatic heterocycles. The van der Waals surface area contributed by atoms with Crippen molar-refractivity contribution in [1.82, 2.24) is 24.8 Å². The highest BCUT2D eigenvalue weighted by atomic mass is 16.1. The molecule has 0 aliphatic carbocycles. The third kappa shape index (κ3) is 3.32. The number of H-pyrrole nitrogens is 1. The van der Waals surface area contributed by atoms with Gasteiger partial charge in [-0.15, -0.1) is 0 Å². The van der Waals surface area contributed by atoms with Gasteiger partial charge in [-0.25, -0.2) is 14.9 Å². The molecular weight excluding hydrogens is 378 g/mol. The van der Waals surface area contributed by atoms with E-state index in [1.165, 1.54) is 17.0 Å². The molecule has 5 rings (SSSR count). The van der Waals surface area contributed by atoms with E-state index < -0.39 is 6.17 Å². The normalized spacial score (nSPS) is 16.8. The minimum atomic E-state index is -0.397.